The van der Waals surface area contributed by atoms with Crippen LogP contribution in [0.1, 0.15) is 50.7 Å². The maximum atomic E-state index is 3.69. The van der Waals surface area contributed by atoms with E-state index in [2.05, 4.69) is 55.3 Å². The molecule has 1 saturated heterocycles. The molecule has 1 N–H and O–H groups in total. The standard InChI is InChI=1S/C18H28N2/c1-4-18(5-2)13-19-14(3)11-20(18)12-16-10-15-8-6-7-9-17(15)16/h6-9,14,16,19H,4-5,10-13H2,1-3H3. The molecule has 0 saturated carbocycles. The van der Waals surface area contributed by atoms with Crippen LogP contribution < -0.4 is 5.32 Å². The third kappa shape index (κ3) is 2.29. The summed E-state index contributed by atoms with van der Waals surface area (Å²) in [5.74, 6) is 0.758. The van der Waals surface area contributed by atoms with Gasteiger partial charge in [0.2, 0.25) is 0 Å². The minimum Gasteiger partial charge on any atom is -0.311 e. The third-order valence-electron chi connectivity index (χ3n) is 5.66. The first-order valence-electron chi connectivity index (χ1n) is 8.24. The SMILES string of the molecule is CCC1(CC)CNC(C)CN1CC1Cc2ccccc21. The topological polar surface area (TPSA) is 15.3 Å². The van der Waals surface area contributed by atoms with Crippen LogP contribution in [-0.4, -0.2) is 36.1 Å². The molecule has 110 valence electrons. The van der Waals surface area contributed by atoms with Crippen molar-refractivity contribution in [1.82, 2.24) is 10.2 Å². The molecule has 0 spiro atoms. The van der Waals surface area contributed by atoms with E-state index in [1.165, 1.54) is 32.4 Å². The zero-order valence-electron chi connectivity index (χ0n) is 13.2. The van der Waals surface area contributed by atoms with E-state index in [1.54, 1.807) is 11.1 Å². The van der Waals surface area contributed by atoms with Crippen molar-refractivity contribution < 1.29 is 0 Å². The molecule has 1 aromatic carbocycles. The summed E-state index contributed by atoms with van der Waals surface area (Å²) in [5.41, 5.74) is 3.54. The lowest BCUT2D eigenvalue weighted by Gasteiger charge is -2.51. The predicted octanol–water partition coefficient (Wildman–Crippen LogP) is 3.18. The van der Waals surface area contributed by atoms with Crippen molar-refractivity contribution in [2.45, 2.75) is 57.5 Å². The molecule has 1 aromatic rings. The summed E-state index contributed by atoms with van der Waals surface area (Å²) < 4.78 is 0. The first-order valence-corrected chi connectivity index (χ1v) is 8.24. The Bertz CT molecular complexity index is 464. The number of nitrogens with one attached hydrogen (secondary N) is 1. The Hall–Kier alpha value is -0.860. The van der Waals surface area contributed by atoms with Gasteiger partial charge in [-0.1, -0.05) is 38.1 Å². The van der Waals surface area contributed by atoms with Crippen molar-refractivity contribution in [2.75, 3.05) is 19.6 Å². The number of fused-ring (bicyclic) bond motifs is 1. The highest BCUT2D eigenvalue weighted by molar-refractivity contribution is 5.40. The normalized spacial score (nSPS) is 28.8. The molecule has 0 bridgehead atoms. The fraction of sp³-hybridized carbons (Fsp3) is 0.667. The van der Waals surface area contributed by atoms with Crippen molar-refractivity contribution in [3.63, 3.8) is 0 Å². The molecule has 1 aliphatic heterocycles. The van der Waals surface area contributed by atoms with E-state index in [0.29, 0.717) is 11.6 Å². The average molecular weight is 272 g/mol. The molecular formula is C18H28N2. The smallest absolute Gasteiger partial charge is 0.0329 e. The molecule has 0 amide bonds. The number of nitrogens with zero attached hydrogens (tertiary/aromatic N) is 1. The molecule has 2 aliphatic rings. The minimum absolute atomic E-state index is 0.372. The van der Waals surface area contributed by atoms with E-state index in [-0.39, 0.29) is 0 Å². The molecule has 1 heterocycles. The number of rotatable bonds is 4. The largest absolute Gasteiger partial charge is 0.311 e. The Kier molecular flexibility index (Phi) is 3.87. The van der Waals surface area contributed by atoms with E-state index >= 15 is 0 Å². The van der Waals surface area contributed by atoms with Gasteiger partial charge in [0.1, 0.15) is 0 Å². The van der Waals surface area contributed by atoms with Crippen molar-refractivity contribution in [3.05, 3.63) is 35.4 Å². The van der Waals surface area contributed by atoms with Gasteiger partial charge in [0.05, 0.1) is 0 Å². The Morgan fingerprint density at radius 2 is 2.00 bits per heavy atom. The Morgan fingerprint density at radius 3 is 2.70 bits per heavy atom. The first-order chi connectivity index (χ1) is 9.68. The van der Waals surface area contributed by atoms with Crippen LogP contribution in [0.4, 0.5) is 0 Å². The van der Waals surface area contributed by atoms with Gasteiger partial charge in [-0.05, 0) is 37.3 Å². The second-order valence-electron chi connectivity index (χ2n) is 6.72. The average Bonchev–Trinajstić information content (AvgIpc) is 2.46. The van der Waals surface area contributed by atoms with Gasteiger partial charge in [-0.2, -0.15) is 0 Å². The summed E-state index contributed by atoms with van der Waals surface area (Å²) in [6, 6.07) is 9.60. The lowest BCUT2D eigenvalue weighted by molar-refractivity contribution is 0.0277. The highest BCUT2D eigenvalue weighted by atomic mass is 15.3. The van der Waals surface area contributed by atoms with E-state index < -0.39 is 0 Å². The van der Waals surface area contributed by atoms with Crippen molar-refractivity contribution in [2.24, 2.45) is 0 Å². The maximum absolute atomic E-state index is 3.69. The van der Waals surface area contributed by atoms with Crippen molar-refractivity contribution in [1.29, 1.82) is 0 Å². The van der Waals surface area contributed by atoms with E-state index in [0.717, 1.165) is 12.5 Å². The monoisotopic (exact) mass is 272 g/mol. The van der Waals surface area contributed by atoms with E-state index in [4.69, 9.17) is 0 Å². The van der Waals surface area contributed by atoms with Crippen LogP contribution in [0.25, 0.3) is 0 Å². The highest BCUT2D eigenvalue weighted by Crippen LogP contribution is 2.38. The summed E-state index contributed by atoms with van der Waals surface area (Å²) in [6.07, 6.45) is 3.77. The van der Waals surface area contributed by atoms with Crippen LogP contribution in [0.5, 0.6) is 0 Å². The van der Waals surface area contributed by atoms with Gasteiger partial charge in [-0.3, -0.25) is 4.90 Å². The summed E-state index contributed by atoms with van der Waals surface area (Å²) in [7, 11) is 0. The van der Waals surface area contributed by atoms with Crippen LogP contribution in [0, 0.1) is 0 Å². The molecule has 1 fully saturated rings. The second-order valence-corrected chi connectivity index (χ2v) is 6.72. The number of hydrogen-bond donors (Lipinski definition) is 1. The summed E-state index contributed by atoms with van der Waals surface area (Å²) in [5, 5.41) is 3.69. The molecule has 1 aliphatic carbocycles. The lowest BCUT2D eigenvalue weighted by atomic mass is 9.76. The Balaban J connectivity index is 1.75. The predicted molar refractivity (Wildman–Crippen MR) is 85.2 cm³/mol. The van der Waals surface area contributed by atoms with Gasteiger partial charge in [0, 0.05) is 37.1 Å². The second kappa shape index (κ2) is 5.50. The fourth-order valence-electron chi connectivity index (χ4n) is 4.07. The van der Waals surface area contributed by atoms with Gasteiger partial charge in [-0.15, -0.1) is 0 Å². The maximum Gasteiger partial charge on any atom is 0.0329 e. The molecule has 0 radical (unpaired) electrons. The van der Waals surface area contributed by atoms with Crippen LogP contribution >= 0.6 is 0 Å². The number of benzene rings is 1. The highest BCUT2D eigenvalue weighted by Gasteiger charge is 2.40. The van der Waals surface area contributed by atoms with Gasteiger partial charge in [-0.25, -0.2) is 0 Å². The Labute approximate surface area is 123 Å². The van der Waals surface area contributed by atoms with Crippen LogP contribution in [0.15, 0.2) is 24.3 Å². The molecular weight excluding hydrogens is 244 g/mol. The molecule has 3 rings (SSSR count). The zero-order chi connectivity index (χ0) is 14.2. The summed E-state index contributed by atoms with van der Waals surface area (Å²) in [6.45, 7) is 10.6. The molecule has 2 atom stereocenters. The molecule has 2 unspecified atom stereocenters. The third-order valence-corrected chi connectivity index (χ3v) is 5.66. The van der Waals surface area contributed by atoms with Gasteiger partial charge in [0.25, 0.3) is 0 Å². The molecule has 2 heteroatoms. The lowest BCUT2D eigenvalue weighted by Crippen LogP contribution is -2.64. The van der Waals surface area contributed by atoms with Crippen molar-refractivity contribution >= 4 is 0 Å². The zero-order valence-corrected chi connectivity index (χ0v) is 13.2. The van der Waals surface area contributed by atoms with Gasteiger partial charge >= 0.3 is 0 Å². The van der Waals surface area contributed by atoms with E-state index in [1.807, 2.05) is 0 Å². The first kappa shape index (κ1) is 14.1. The van der Waals surface area contributed by atoms with E-state index in [9.17, 15) is 0 Å². The summed E-state index contributed by atoms with van der Waals surface area (Å²) >= 11 is 0. The van der Waals surface area contributed by atoms with Crippen LogP contribution in [0.3, 0.4) is 0 Å². The quantitative estimate of drug-likeness (QED) is 0.905. The van der Waals surface area contributed by atoms with Crippen LogP contribution in [0.2, 0.25) is 0 Å². The molecule has 2 nitrogen and oxygen atoms in total. The fourth-order valence-corrected chi connectivity index (χ4v) is 4.07. The number of piperazine rings is 1. The van der Waals surface area contributed by atoms with Gasteiger partial charge in [0.15, 0.2) is 0 Å². The summed E-state index contributed by atoms with van der Waals surface area (Å²) in [4.78, 5) is 2.79. The molecule has 0 aromatic heterocycles. The van der Waals surface area contributed by atoms with Crippen LogP contribution in [-0.2, 0) is 6.42 Å². The number of hydrogen-bond acceptors (Lipinski definition) is 2. The molecule has 20 heavy (non-hydrogen) atoms. The van der Waals surface area contributed by atoms with Crippen molar-refractivity contribution in [3.8, 4) is 0 Å². The van der Waals surface area contributed by atoms with Gasteiger partial charge < -0.3 is 5.32 Å². The minimum atomic E-state index is 0.372. The Morgan fingerprint density at radius 1 is 1.25 bits per heavy atom.